The second-order valence-electron chi connectivity index (χ2n) is 5.19. The van der Waals surface area contributed by atoms with Crippen molar-refractivity contribution in [3.8, 4) is 0 Å². The number of carbonyl (C=O) groups excluding carboxylic acids is 2. The zero-order chi connectivity index (χ0) is 16.1. The van der Waals surface area contributed by atoms with Crippen LogP contribution in [0.25, 0.3) is 0 Å². The van der Waals surface area contributed by atoms with E-state index in [-0.39, 0.29) is 17.2 Å². The molecule has 5 nitrogen and oxygen atoms in total. The van der Waals surface area contributed by atoms with Crippen LogP contribution in [0.2, 0.25) is 0 Å². The predicted molar refractivity (Wildman–Crippen MR) is 87.4 cm³/mol. The lowest BCUT2D eigenvalue weighted by atomic mass is 10.1. The molecule has 0 aliphatic carbocycles. The predicted octanol–water partition coefficient (Wildman–Crippen LogP) is 2.36. The van der Waals surface area contributed by atoms with Crippen LogP contribution in [0, 0.1) is 6.92 Å². The molecular formula is C16H22N2O3S. The maximum absolute atomic E-state index is 12.8. The highest BCUT2D eigenvalue weighted by atomic mass is 32.2. The molecule has 2 amide bonds. The summed E-state index contributed by atoms with van der Waals surface area (Å²) >= 11 is 1.64. The van der Waals surface area contributed by atoms with Crippen LogP contribution in [0.1, 0.15) is 36.2 Å². The fourth-order valence-corrected chi connectivity index (χ4v) is 3.85. The Morgan fingerprint density at radius 1 is 1.41 bits per heavy atom. The first kappa shape index (κ1) is 16.8. The SMILES string of the molecule is CCONC(=O)C1CSC(CC)N1C(=O)c1cccc(C)c1. The van der Waals surface area contributed by atoms with Crippen molar-refractivity contribution >= 4 is 23.6 Å². The number of benzene rings is 1. The van der Waals surface area contributed by atoms with E-state index in [1.807, 2.05) is 32.0 Å². The van der Waals surface area contributed by atoms with Gasteiger partial charge in [0.05, 0.1) is 12.0 Å². The number of amides is 2. The zero-order valence-corrected chi connectivity index (χ0v) is 14.0. The third kappa shape index (κ3) is 3.62. The van der Waals surface area contributed by atoms with Crippen molar-refractivity contribution in [2.45, 2.75) is 38.6 Å². The quantitative estimate of drug-likeness (QED) is 0.846. The van der Waals surface area contributed by atoms with E-state index in [2.05, 4.69) is 5.48 Å². The van der Waals surface area contributed by atoms with Crippen LogP contribution < -0.4 is 5.48 Å². The molecule has 1 N–H and O–H groups in total. The van der Waals surface area contributed by atoms with Crippen LogP contribution in [-0.4, -0.2) is 40.5 Å². The van der Waals surface area contributed by atoms with Crippen molar-refractivity contribution in [1.29, 1.82) is 0 Å². The summed E-state index contributed by atoms with van der Waals surface area (Å²) in [5.74, 6) is 0.234. The fraction of sp³-hybridized carbons (Fsp3) is 0.500. The smallest absolute Gasteiger partial charge is 0.267 e. The van der Waals surface area contributed by atoms with Crippen molar-refractivity contribution in [2.24, 2.45) is 0 Å². The number of aryl methyl sites for hydroxylation is 1. The van der Waals surface area contributed by atoms with Crippen molar-refractivity contribution in [3.63, 3.8) is 0 Å². The lowest BCUT2D eigenvalue weighted by Gasteiger charge is -2.28. The maximum atomic E-state index is 12.8. The summed E-state index contributed by atoms with van der Waals surface area (Å²) in [5, 5.41) is 0.0189. The Hall–Kier alpha value is -1.53. The molecule has 120 valence electrons. The van der Waals surface area contributed by atoms with Gasteiger partial charge in [0.15, 0.2) is 0 Å². The molecule has 1 aliphatic rings. The summed E-state index contributed by atoms with van der Waals surface area (Å²) in [6.07, 6.45) is 0.806. The first-order chi connectivity index (χ1) is 10.6. The molecule has 2 rings (SSSR count). The second kappa shape index (κ2) is 7.65. The van der Waals surface area contributed by atoms with Gasteiger partial charge < -0.3 is 4.90 Å². The minimum Gasteiger partial charge on any atom is -0.314 e. The highest BCUT2D eigenvalue weighted by Gasteiger charge is 2.41. The Balaban J connectivity index is 2.22. The minimum atomic E-state index is -0.491. The van der Waals surface area contributed by atoms with Gasteiger partial charge in [-0.2, -0.15) is 0 Å². The standard InChI is InChI=1S/C16H22N2O3S/c1-4-14-18(13(10-22-14)15(19)17-21-5-2)16(20)12-8-6-7-11(3)9-12/h6-9,13-14H,4-5,10H2,1-3H3,(H,17,19). The van der Waals surface area contributed by atoms with E-state index in [1.165, 1.54) is 0 Å². The number of hydroxylamine groups is 1. The largest absolute Gasteiger partial charge is 0.314 e. The maximum Gasteiger partial charge on any atom is 0.267 e. The Kier molecular flexibility index (Phi) is 5.85. The van der Waals surface area contributed by atoms with E-state index in [0.717, 1.165) is 12.0 Å². The third-order valence-corrected chi connectivity index (χ3v) is 5.01. The van der Waals surface area contributed by atoms with Crippen molar-refractivity contribution in [3.05, 3.63) is 35.4 Å². The first-order valence-electron chi connectivity index (χ1n) is 7.51. The van der Waals surface area contributed by atoms with Crippen LogP contribution in [0.3, 0.4) is 0 Å². The highest BCUT2D eigenvalue weighted by Crippen LogP contribution is 2.32. The topological polar surface area (TPSA) is 58.6 Å². The van der Waals surface area contributed by atoms with Crippen molar-refractivity contribution in [1.82, 2.24) is 10.4 Å². The molecule has 0 spiro atoms. The summed E-state index contributed by atoms with van der Waals surface area (Å²) in [6.45, 7) is 6.17. The Labute approximate surface area is 135 Å². The van der Waals surface area contributed by atoms with E-state index in [4.69, 9.17) is 4.84 Å². The third-order valence-electron chi connectivity index (χ3n) is 3.56. The first-order valence-corrected chi connectivity index (χ1v) is 8.55. The molecule has 2 unspecified atom stereocenters. The molecule has 1 saturated heterocycles. The van der Waals surface area contributed by atoms with Gasteiger partial charge in [0.2, 0.25) is 0 Å². The molecule has 1 heterocycles. The molecule has 1 aromatic rings. The summed E-state index contributed by atoms with van der Waals surface area (Å²) < 4.78 is 0. The van der Waals surface area contributed by atoms with E-state index < -0.39 is 6.04 Å². The number of rotatable bonds is 5. The molecule has 6 heteroatoms. The zero-order valence-electron chi connectivity index (χ0n) is 13.2. The lowest BCUT2D eigenvalue weighted by molar-refractivity contribution is -0.137. The van der Waals surface area contributed by atoms with Crippen LogP contribution in [0.5, 0.6) is 0 Å². The second-order valence-corrected chi connectivity index (χ2v) is 6.40. The Morgan fingerprint density at radius 3 is 2.82 bits per heavy atom. The van der Waals surface area contributed by atoms with Crippen LogP contribution in [-0.2, 0) is 9.63 Å². The van der Waals surface area contributed by atoms with Crippen molar-refractivity contribution < 1.29 is 14.4 Å². The van der Waals surface area contributed by atoms with Gasteiger partial charge in [0.25, 0.3) is 11.8 Å². The van der Waals surface area contributed by atoms with E-state index in [1.54, 1.807) is 29.7 Å². The van der Waals surface area contributed by atoms with Crippen LogP contribution in [0.4, 0.5) is 0 Å². The van der Waals surface area contributed by atoms with Crippen LogP contribution in [0.15, 0.2) is 24.3 Å². The van der Waals surface area contributed by atoms with E-state index in [9.17, 15) is 9.59 Å². The van der Waals surface area contributed by atoms with Gasteiger partial charge in [0, 0.05) is 11.3 Å². The molecule has 1 fully saturated rings. The van der Waals surface area contributed by atoms with Gasteiger partial charge in [-0.05, 0) is 32.4 Å². The van der Waals surface area contributed by atoms with Crippen LogP contribution >= 0.6 is 11.8 Å². The van der Waals surface area contributed by atoms with Gasteiger partial charge in [0.1, 0.15) is 6.04 Å². The lowest BCUT2D eigenvalue weighted by Crippen LogP contribution is -2.49. The number of nitrogens with one attached hydrogen (secondary N) is 1. The molecular weight excluding hydrogens is 300 g/mol. The Morgan fingerprint density at radius 2 is 2.18 bits per heavy atom. The van der Waals surface area contributed by atoms with E-state index in [0.29, 0.717) is 17.9 Å². The summed E-state index contributed by atoms with van der Waals surface area (Å²) in [7, 11) is 0. The summed E-state index contributed by atoms with van der Waals surface area (Å²) in [6, 6.07) is 6.97. The molecule has 0 bridgehead atoms. The summed E-state index contributed by atoms with van der Waals surface area (Å²) in [5.41, 5.74) is 4.07. The number of nitrogens with zero attached hydrogens (tertiary/aromatic N) is 1. The summed E-state index contributed by atoms with van der Waals surface area (Å²) in [4.78, 5) is 31.8. The molecule has 0 saturated carbocycles. The van der Waals surface area contributed by atoms with Gasteiger partial charge >= 0.3 is 0 Å². The molecule has 22 heavy (non-hydrogen) atoms. The number of hydrogen-bond acceptors (Lipinski definition) is 4. The monoisotopic (exact) mass is 322 g/mol. The normalized spacial score (nSPS) is 21.0. The number of hydrogen-bond donors (Lipinski definition) is 1. The fourth-order valence-electron chi connectivity index (χ4n) is 2.49. The van der Waals surface area contributed by atoms with Gasteiger partial charge in [-0.25, -0.2) is 5.48 Å². The molecule has 1 aromatic carbocycles. The van der Waals surface area contributed by atoms with Crippen molar-refractivity contribution in [2.75, 3.05) is 12.4 Å². The molecule has 2 atom stereocenters. The highest BCUT2D eigenvalue weighted by molar-refractivity contribution is 8.00. The average molecular weight is 322 g/mol. The van der Waals surface area contributed by atoms with E-state index >= 15 is 0 Å². The number of carbonyl (C=O) groups is 2. The van der Waals surface area contributed by atoms with Gasteiger partial charge in [-0.1, -0.05) is 24.6 Å². The minimum absolute atomic E-state index is 0.0189. The molecule has 0 radical (unpaired) electrons. The molecule has 1 aliphatic heterocycles. The Bertz CT molecular complexity index is 550. The van der Waals surface area contributed by atoms with Gasteiger partial charge in [-0.3, -0.25) is 14.4 Å². The average Bonchev–Trinajstić information content (AvgIpc) is 2.95. The van der Waals surface area contributed by atoms with Gasteiger partial charge in [-0.15, -0.1) is 11.8 Å². The number of thioether (sulfide) groups is 1. The molecule has 0 aromatic heterocycles.